The van der Waals surface area contributed by atoms with Crippen molar-refractivity contribution in [2.24, 2.45) is 0 Å². The van der Waals surface area contributed by atoms with Crippen molar-refractivity contribution in [3.63, 3.8) is 0 Å². The van der Waals surface area contributed by atoms with E-state index >= 15 is 0 Å². The van der Waals surface area contributed by atoms with Gasteiger partial charge in [0.25, 0.3) is 0 Å². The fourth-order valence-corrected chi connectivity index (χ4v) is 0.321. The van der Waals surface area contributed by atoms with E-state index < -0.39 is 6.18 Å². The molecule has 0 fully saturated rings. The summed E-state index contributed by atoms with van der Waals surface area (Å²) in [5.41, 5.74) is 0. The van der Waals surface area contributed by atoms with Crippen LogP contribution in [-0.2, 0) is 26.4 Å². The molecule has 0 aliphatic heterocycles. The van der Waals surface area contributed by atoms with E-state index in [1.807, 2.05) is 30.3 Å². The summed E-state index contributed by atoms with van der Waals surface area (Å²) < 4.78 is 46.5. The van der Waals surface area contributed by atoms with Crippen LogP contribution in [0.5, 0.6) is 0 Å². The molecule has 0 heterocycles. The zero-order valence-corrected chi connectivity index (χ0v) is 8.79. The second-order valence-electron chi connectivity index (χ2n) is 1.59. The molecule has 0 bridgehead atoms. The summed E-state index contributed by atoms with van der Waals surface area (Å²) in [4.78, 5) is 0. The molecule has 2 nitrogen and oxygen atoms in total. The van der Waals surface area contributed by atoms with Gasteiger partial charge in [0.15, 0.2) is 0 Å². The first-order valence-electron chi connectivity index (χ1n) is 3.14. The second-order valence-corrected chi connectivity index (χ2v) is 1.59. The van der Waals surface area contributed by atoms with Gasteiger partial charge in [-0.2, -0.15) is 31.4 Å². The van der Waals surface area contributed by atoms with Crippen LogP contribution < -0.4 is 0 Å². The van der Waals surface area contributed by atoms with Gasteiger partial charge in [-0.1, -0.05) is 0 Å². The van der Waals surface area contributed by atoms with Crippen molar-refractivity contribution >= 4 is 0 Å². The maximum atomic E-state index is 10.5. The quantitative estimate of drug-likeness (QED) is 0.301. The molecule has 1 rings (SSSR count). The van der Waals surface area contributed by atoms with E-state index in [2.05, 4.69) is 13.3 Å². The normalized spacial score (nSPS) is 6.62. The molecule has 0 saturated carbocycles. The van der Waals surface area contributed by atoms with Crippen LogP contribution in [-0.4, -0.2) is 6.18 Å². The van der Waals surface area contributed by atoms with E-state index in [1.54, 1.807) is 0 Å². The zero-order chi connectivity index (χ0) is 12.7. The molecule has 0 atom stereocenters. The molecular formula is C10H5F3FeO2+4. The summed E-state index contributed by atoms with van der Waals surface area (Å²) in [6.07, 6.45) is 0.938. The summed E-state index contributed by atoms with van der Waals surface area (Å²) in [7, 11) is 0. The minimum absolute atomic E-state index is 0. The predicted molar refractivity (Wildman–Crippen MR) is 43.1 cm³/mol. The number of rotatable bonds is 0. The second kappa shape index (κ2) is 19.3. The fourth-order valence-electron chi connectivity index (χ4n) is 0.321. The minimum atomic E-state index is -4.54. The third kappa shape index (κ3) is 38.7. The van der Waals surface area contributed by atoms with Gasteiger partial charge in [0, 0.05) is 0 Å². The minimum Gasteiger partial charge on any atom is -0.214 e. The van der Waals surface area contributed by atoms with E-state index in [9.17, 15) is 13.2 Å². The van der Waals surface area contributed by atoms with Crippen LogP contribution in [0.3, 0.4) is 0 Å². The first-order valence-corrected chi connectivity index (χ1v) is 3.14. The van der Waals surface area contributed by atoms with Crippen LogP contribution in [0.25, 0.3) is 0 Å². The van der Waals surface area contributed by atoms with Gasteiger partial charge in [-0.15, -0.1) is 0 Å². The summed E-state index contributed by atoms with van der Waals surface area (Å²) in [5.74, 6) is 0.354. The predicted octanol–water partition coefficient (Wildman–Crippen LogP) is 2.47. The third-order valence-corrected chi connectivity index (χ3v) is 0.697. The third-order valence-electron chi connectivity index (χ3n) is 0.697. The molecule has 1 aromatic rings. The molecule has 1 aromatic carbocycles. The van der Waals surface area contributed by atoms with Crippen LogP contribution in [0.2, 0.25) is 0 Å². The molecule has 82 valence electrons. The van der Waals surface area contributed by atoms with Gasteiger partial charge in [0.05, 0.1) is 0 Å². The molecule has 0 aromatic heterocycles. The number of hydrogen-bond acceptors (Lipinski definition) is 0. The maximum absolute atomic E-state index is 10.5. The standard InChI is InChI=1S/C5H5.C3F3.2CO.Fe/c1-2-4-5-3-1;1-2-3(4,5)6;2*1-2;/h1-5H;;;;/q2*-1;;;+6. The van der Waals surface area contributed by atoms with E-state index in [4.69, 9.17) is 15.7 Å². The first kappa shape index (κ1) is 24.1. The maximum Gasteiger partial charge on any atom is 6.00 e. The van der Waals surface area contributed by atoms with Crippen molar-refractivity contribution in [1.29, 1.82) is 0 Å². The summed E-state index contributed by atoms with van der Waals surface area (Å²) >= 11 is 0. The van der Waals surface area contributed by atoms with E-state index in [-0.39, 0.29) is 17.1 Å². The van der Waals surface area contributed by atoms with Crippen LogP contribution >= 0.6 is 0 Å². The van der Waals surface area contributed by atoms with Gasteiger partial charge in [-0.05, 0) is 0 Å². The largest absolute Gasteiger partial charge is 6.00 e. The SMILES string of the molecule is [C-]#CC(F)(F)F.[C-]#[O+].[C-]#[O+].[Fe+6].c1cc[cH-]c1. The Hall–Kier alpha value is -1.30. The van der Waals surface area contributed by atoms with Gasteiger partial charge in [-0.3, -0.25) is 0 Å². The molecule has 0 unspecified atom stereocenters. The Labute approximate surface area is 102 Å². The van der Waals surface area contributed by atoms with Gasteiger partial charge < -0.3 is 6.42 Å². The Balaban J connectivity index is -0.0000000658. The average molecular weight is 270 g/mol. The molecule has 16 heavy (non-hydrogen) atoms. The van der Waals surface area contributed by atoms with Gasteiger partial charge in [0.1, 0.15) is 0 Å². The summed E-state index contributed by atoms with van der Waals surface area (Å²) in [6, 6.07) is 10.0. The van der Waals surface area contributed by atoms with Gasteiger partial charge in [0.2, 0.25) is 0 Å². The zero-order valence-electron chi connectivity index (χ0n) is 7.69. The Morgan fingerprint density at radius 2 is 1.25 bits per heavy atom. The van der Waals surface area contributed by atoms with E-state index in [0.717, 1.165) is 0 Å². The Morgan fingerprint density at radius 3 is 1.31 bits per heavy atom. The molecule has 0 spiro atoms. The number of halogens is 3. The van der Waals surface area contributed by atoms with Crippen molar-refractivity contribution in [3.8, 4) is 5.92 Å². The summed E-state index contributed by atoms with van der Waals surface area (Å²) in [6.45, 7) is 9.00. The van der Waals surface area contributed by atoms with Crippen LogP contribution in [0.4, 0.5) is 13.2 Å². The Kier molecular flexibility index (Phi) is 29.1. The number of hydrogen-bond donors (Lipinski definition) is 0. The molecule has 0 N–H and O–H groups in total. The average Bonchev–Trinajstić information content (AvgIpc) is 2.81. The van der Waals surface area contributed by atoms with E-state index in [0.29, 0.717) is 5.92 Å². The molecule has 0 radical (unpaired) electrons. The molecule has 0 aliphatic carbocycles. The van der Waals surface area contributed by atoms with E-state index in [1.165, 1.54) is 0 Å². The van der Waals surface area contributed by atoms with Crippen LogP contribution in [0.1, 0.15) is 0 Å². The fraction of sp³-hybridized carbons (Fsp3) is 0.100. The van der Waals surface area contributed by atoms with Crippen molar-refractivity contribution < 1.29 is 39.5 Å². The molecule has 0 amide bonds. The molecule has 0 aliphatic rings. The van der Waals surface area contributed by atoms with Gasteiger partial charge in [-0.25, -0.2) is 18.1 Å². The molecule has 6 heteroatoms. The van der Waals surface area contributed by atoms with Crippen molar-refractivity contribution in [2.75, 3.05) is 0 Å². The van der Waals surface area contributed by atoms with Crippen molar-refractivity contribution in [2.45, 2.75) is 6.18 Å². The topological polar surface area (TPSA) is 39.8 Å². The van der Waals surface area contributed by atoms with Crippen LogP contribution in [0, 0.1) is 25.6 Å². The first-order chi connectivity index (χ1) is 7.06. The van der Waals surface area contributed by atoms with Crippen molar-refractivity contribution in [3.05, 3.63) is 50.1 Å². The smallest absolute Gasteiger partial charge is 0.214 e. The van der Waals surface area contributed by atoms with Crippen LogP contribution in [0.15, 0.2) is 30.3 Å². The monoisotopic (exact) mass is 270 g/mol. The van der Waals surface area contributed by atoms with Crippen molar-refractivity contribution in [1.82, 2.24) is 0 Å². The summed E-state index contributed by atoms with van der Waals surface area (Å²) in [5, 5.41) is 0. The molecule has 0 saturated heterocycles. The van der Waals surface area contributed by atoms with Gasteiger partial charge >= 0.3 is 45.9 Å². The Morgan fingerprint density at radius 1 is 1.00 bits per heavy atom. The Bertz CT molecular complexity index is 257. The number of alkyl halides is 3. The molecular weight excluding hydrogens is 265 g/mol.